The van der Waals surface area contributed by atoms with Crippen LogP contribution in [0.5, 0.6) is 5.75 Å². The van der Waals surface area contributed by atoms with Crippen LogP contribution in [0.1, 0.15) is 45.4 Å². The lowest BCUT2D eigenvalue weighted by Gasteiger charge is -2.07. The molecule has 28 heavy (non-hydrogen) atoms. The number of H-pyrrole nitrogens is 1. The lowest BCUT2D eigenvalue weighted by atomic mass is 10.0. The quantitative estimate of drug-likeness (QED) is 0.608. The van der Waals surface area contributed by atoms with Crippen LogP contribution in [0, 0.1) is 5.92 Å². The SMILES string of the molecule is CCn1c(-c2cc(NC(=O)CCC3CCCC3)n[nH]2)cc2ccc(OC)cc21. The molecule has 1 saturated carbocycles. The van der Waals surface area contributed by atoms with Gasteiger partial charge in [0.25, 0.3) is 0 Å². The number of methoxy groups -OCH3 is 1. The van der Waals surface area contributed by atoms with E-state index in [2.05, 4.69) is 39.1 Å². The van der Waals surface area contributed by atoms with Gasteiger partial charge in [-0.25, -0.2) is 0 Å². The molecule has 2 N–H and O–H groups in total. The number of aryl methyl sites for hydroxylation is 1. The van der Waals surface area contributed by atoms with E-state index in [-0.39, 0.29) is 5.91 Å². The minimum atomic E-state index is 0.0470. The second-order valence-electron chi connectivity index (χ2n) is 7.60. The predicted octanol–water partition coefficient (Wildman–Crippen LogP) is 4.97. The van der Waals surface area contributed by atoms with Gasteiger partial charge in [0, 0.05) is 30.5 Å². The third-order valence-electron chi connectivity index (χ3n) is 5.80. The van der Waals surface area contributed by atoms with Crippen molar-refractivity contribution in [3.05, 3.63) is 30.3 Å². The van der Waals surface area contributed by atoms with Crippen molar-refractivity contribution in [3.63, 3.8) is 0 Å². The molecule has 6 nitrogen and oxygen atoms in total. The zero-order valence-electron chi connectivity index (χ0n) is 16.6. The van der Waals surface area contributed by atoms with Gasteiger partial charge in [-0.05, 0) is 37.5 Å². The predicted molar refractivity (Wildman–Crippen MR) is 112 cm³/mol. The maximum Gasteiger partial charge on any atom is 0.225 e. The number of anilines is 1. The second-order valence-corrected chi connectivity index (χ2v) is 7.60. The maximum atomic E-state index is 12.3. The Morgan fingerprint density at radius 1 is 1.29 bits per heavy atom. The molecule has 6 heteroatoms. The number of hydrogen-bond donors (Lipinski definition) is 2. The van der Waals surface area contributed by atoms with Gasteiger partial charge in [-0.2, -0.15) is 5.10 Å². The Hall–Kier alpha value is -2.76. The lowest BCUT2D eigenvalue weighted by molar-refractivity contribution is -0.116. The highest BCUT2D eigenvalue weighted by atomic mass is 16.5. The fraction of sp³-hybridized carbons (Fsp3) is 0.455. The third kappa shape index (κ3) is 3.77. The average Bonchev–Trinajstić information content (AvgIpc) is 3.44. The molecule has 0 radical (unpaired) electrons. The van der Waals surface area contributed by atoms with Crippen LogP contribution in [0.2, 0.25) is 0 Å². The first-order valence-corrected chi connectivity index (χ1v) is 10.2. The molecule has 3 aromatic rings. The van der Waals surface area contributed by atoms with Crippen molar-refractivity contribution in [1.29, 1.82) is 0 Å². The Labute approximate surface area is 165 Å². The highest BCUT2D eigenvalue weighted by Gasteiger charge is 2.17. The number of rotatable bonds is 7. The Balaban J connectivity index is 1.49. The number of carbonyl (C=O) groups is 1. The Morgan fingerprint density at radius 2 is 2.11 bits per heavy atom. The number of fused-ring (bicyclic) bond motifs is 1. The van der Waals surface area contributed by atoms with Gasteiger partial charge >= 0.3 is 0 Å². The Kier molecular flexibility index (Phi) is 5.37. The molecule has 0 spiro atoms. The highest BCUT2D eigenvalue weighted by Crippen LogP contribution is 2.31. The van der Waals surface area contributed by atoms with E-state index in [0.717, 1.165) is 46.9 Å². The molecular weight excluding hydrogens is 352 g/mol. The van der Waals surface area contributed by atoms with Crippen molar-refractivity contribution in [2.24, 2.45) is 5.92 Å². The fourth-order valence-corrected chi connectivity index (χ4v) is 4.28. The van der Waals surface area contributed by atoms with E-state index in [9.17, 15) is 4.79 Å². The van der Waals surface area contributed by atoms with Gasteiger partial charge < -0.3 is 14.6 Å². The molecule has 1 aliphatic rings. The summed E-state index contributed by atoms with van der Waals surface area (Å²) in [6.07, 6.45) is 6.72. The minimum absolute atomic E-state index is 0.0470. The van der Waals surface area contributed by atoms with Crippen LogP contribution < -0.4 is 10.1 Å². The first kappa shape index (κ1) is 18.6. The normalized spacial score (nSPS) is 14.6. The van der Waals surface area contributed by atoms with Gasteiger partial charge in [0.1, 0.15) is 5.75 Å². The molecule has 1 aromatic carbocycles. The van der Waals surface area contributed by atoms with Crippen molar-refractivity contribution >= 4 is 22.6 Å². The maximum absolute atomic E-state index is 12.3. The number of ether oxygens (including phenoxy) is 1. The zero-order chi connectivity index (χ0) is 19.5. The van der Waals surface area contributed by atoms with Gasteiger partial charge in [-0.1, -0.05) is 25.7 Å². The molecular formula is C22H28N4O2. The summed E-state index contributed by atoms with van der Waals surface area (Å²) in [4.78, 5) is 12.3. The van der Waals surface area contributed by atoms with Crippen molar-refractivity contribution in [2.75, 3.05) is 12.4 Å². The summed E-state index contributed by atoms with van der Waals surface area (Å²) in [5.41, 5.74) is 3.06. The van der Waals surface area contributed by atoms with Crippen LogP contribution in [-0.4, -0.2) is 27.8 Å². The van der Waals surface area contributed by atoms with Gasteiger partial charge in [0.15, 0.2) is 5.82 Å². The van der Waals surface area contributed by atoms with Crippen LogP contribution in [0.15, 0.2) is 30.3 Å². The average molecular weight is 380 g/mol. The van der Waals surface area contributed by atoms with Gasteiger partial charge in [-0.3, -0.25) is 9.89 Å². The largest absolute Gasteiger partial charge is 0.497 e. The van der Waals surface area contributed by atoms with E-state index < -0.39 is 0 Å². The molecule has 2 aromatic heterocycles. The summed E-state index contributed by atoms with van der Waals surface area (Å²) < 4.78 is 7.58. The summed E-state index contributed by atoms with van der Waals surface area (Å²) in [6, 6.07) is 10.1. The summed E-state index contributed by atoms with van der Waals surface area (Å²) >= 11 is 0. The number of carbonyl (C=O) groups excluding carboxylic acids is 1. The molecule has 0 unspecified atom stereocenters. The van der Waals surface area contributed by atoms with Crippen molar-refractivity contribution < 1.29 is 9.53 Å². The van der Waals surface area contributed by atoms with Gasteiger partial charge in [0.2, 0.25) is 5.91 Å². The zero-order valence-corrected chi connectivity index (χ0v) is 16.6. The van der Waals surface area contributed by atoms with Crippen LogP contribution in [0.3, 0.4) is 0 Å². The number of nitrogens with one attached hydrogen (secondary N) is 2. The first-order chi connectivity index (χ1) is 13.7. The fourth-order valence-electron chi connectivity index (χ4n) is 4.28. The van der Waals surface area contributed by atoms with Crippen molar-refractivity contribution in [2.45, 2.75) is 52.0 Å². The van der Waals surface area contributed by atoms with E-state index in [1.54, 1.807) is 7.11 Å². The molecule has 148 valence electrons. The van der Waals surface area contributed by atoms with Crippen LogP contribution in [0.4, 0.5) is 5.82 Å². The smallest absolute Gasteiger partial charge is 0.225 e. The first-order valence-electron chi connectivity index (χ1n) is 10.2. The topological polar surface area (TPSA) is 71.9 Å². The molecule has 4 rings (SSSR count). The third-order valence-corrected chi connectivity index (χ3v) is 5.80. The molecule has 0 bridgehead atoms. The monoisotopic (exact) mass is 380 g/mol. The number of amides is 1. The molecule has 0 saturated heterocycles. The number of benzene rings is 1. The lowest BCUT2D eigenvalue weighted by Crippen LogP contribution is -2.12. The van der Waals surface area contributed by atoms with E-state index in [4.69, 9.17) is 4.74 Å². The molecule has 1 aliphatic carbocycles. The van der Waals surface area contributed by atoms with Gasteiger partial charge in [-0.15, -0.1) is 0 Å². The second kappa shape index (κ2) is 8.09. The van der Waals surface area contributed by atoms with E-state index in [1.165, 1.54) is 25.7 Å². The van der Waals surface area contributed by atoms with Crippen molar-refractivity contribution in [3.8, 4) is 17.1 Å². The summed E-state index contributed by atoms with van der Waals surface area (Å²) in [5, 5.41) is 11.5. The Bertz CT molecular complexity index is 966. The van der Waals surface area contributed by atoms with E-state index in [1.807, 2.05) is 18.2 Å². The Morgan fingerprint density at radius 3 is 2.86 bits per heavy atom. The van der Waals surface area contributed by atoms with E-state index >= 15 is 0 Å². The minimum Gasteiger partial charge on any atom is -0.497 e. The molecule has 0 atom stereocenters. The molecule has 1 fully saturated rings. The molecule has 1 amide bonds. The molecule has 0 aliphatic heterocycles. The number of aromatic amines is 1. The number of hydrogen-bond acceptors (Lipinski definition) is 3. The highest BCUT2D eigenvalue weighted by molar-refractivity contribution is 5.91. The van der Waals surface area contributed by atoms with Crippen molar-refractivity contribution in [1.82, 2.24) is 14.8 Å². The number of nitrogens with zero attached hydrogens (tertiary/aromatic N) is 2. The van der Waals surface area contributed by atoms with Crippen LogP contribution >= 0.6 is 0 Å². The van der Waals surface area contributed by atoms with E-state index in [0.29, 0.717) is 12.2 Å². The summed E-state index contributed by atoms with van der Waals surface area (Å²) in [5.74, 6) is 2.19. The molecule has 2 heterocycles. The standard InChI is InChI=1S/C22H28N4O2/c1-3-26-19-13-17(28-2)10-9-16(19)12-20(26)18-14-21(25-24-18)23-22(27)11-8-15-6-4-5-7-15/h9-10,12-15H,3-8,11H2,1-2H3,(H2,23,24,25,27). The van der Waals surface area contributed by atoms with Crippen LogP contribution in [0.25, 0.3) is 22.3 Å². The summed E-state index contributed by atoms with van der Waals surface area (Å²) in [6.45, 7) is 2.94. The number of aromatic nitrogens is 3. The van der Waals surface area contributed by atoms with Gasteiger partial charge in [0.05, 0.1) is 24.0 Å². The van der Waals surface area contributed by atoms with Crippen LogP contribution in [-0.2, 0) is 11.3 Å². The summed E-state index contributed by atoms with van der Waals surface area (Å²) in [7, 11) is 1.68.